The van der Waals surface area contributed by atoms with E-state index >= 15 is 0 Å². The summed E-state index contributed by atoms with van der Waals surface area (Å²) >= 11 is 1.59. The Kier molecular flexibility index (Phi) is 7.02. The van der Waals surface area contributed by atoms with Gasteiger partial charge in [-0.15, -0.1) is 11.3 Å². The first kappa shape index (κ1) is 22.9. The van der Waals surface area contributed by atoms with Crippen LogP contribution in [-0.4, -0.2) is 30.7 Å². The number of aryl methyl sites for hydroxylation is 1. The van der Waals surface area contributed by atoms with Crippen molar-refractivity contribution in [3.8, 4) is 0 Å². The highest BCUT2D eigenvalue weighted by molar-refractivity contribution is 7.89. The molecule has 0 saturated heterocycles. The van der Waals surface area contributed by atoms with Crippen molar-refractivity contribution in [2.24, 2.45) is 0 Å². The van der Waals surface area contributed by atoms with Crippen LogP contribution in [0.2, 0.25) is 0 Å². The van der Waals surface area contributed by atoms with Gasteiger partial charge >= 0.3 is 0 Å². The maximum Gasteiger partial charge on any atom is 0.256 e. The monoisotopic (exact) mass is 480 g/mol. The van der Waals surface area contributed by atoms with Crippen molar-refractivity contribution in [3.63, 3.8) is 0 Å². The van der Waals surface area contributed by atoms with Crippen LogP contribution in [0.1, 0.15) is 26.5 Å². The number of hydrogen-bond acceptors (Lipinski definition) is 5. The molecule has 170 valence electrons. The summed E-state index contributed by atoms with van der Waals surface area (Å²) in [7, 11) is -3.64. The zero-order valence-corrected chi connectivity index (χ0v) is 19.7. The van der Waals surface area contributed by atoms with Crippen LogP contribution < -0.4 is 10.0 Å². The van der Waals surface area contributed by atoms with E-state index in [1.54, 1.807) is 22.1 Å². The molecule has 0 aliphatic carbocycles. The topological polar surface area (TPSA) is 93.1 Å². The van der Waals surface area contributed by atoms with E-state index < -0.39 is 10.0 Å². The van der Waals surface area contributed by atoms with Gasteiger partial charge < -0.3 is 5.32 Å². The summed E-state index contributed by atoms with van der Waals surface area (Å²) in [6.45, 7) is 2.71. The van der Waals surface area contributed by atoms with Crippen molar-refractivity contribution in [2.75, 3.05) is 11.9 Å². The number of thiophene rings is 1. The van der Waals surface area contributed by atoms with E-state index in [1.165, 1.54) is 24.3 Å². The van der Waals surface area contributed by atoms with Gasteiger partial charge in [0.15, 0.2) is 0 Å². The van der Waals surface area contributed by atoms with Gasteiger partial charge in [-0.3, -0.25) is 4.79 Å². The summed E-state index contributed by atoms with van der Waals surface area (Å²) in [6, 6.07) is 21.5. The molecular weight excluding hydrogens is 456 g/mol. The van der Waals surface area contributed by atoms with E-state index in [1.807, 2.05) is 54.8 Å². The van der Waals surface area contributed by atoms with Crippen molar-refractivity contribution in [1.29, 1.82) is 0 Å². The van der Waals surface area contributed by atoms with Crippen LogP contribution in [0.4, 0.5) is 5.82 Å². The normalized spacial score (nSPS) is 11.4. The highest BCUT2D eigenvalue weighted by atomic mass is 32.2. The smallest absolute Gasteiger partial charge is 0.256 e. The third kappa shape index (κ3) is 5.95. The summed E-state index contributed by atoms with van der Waals surface area (Å²) < 4.78 is 29.4. The maximum absolute atomic E-state index is 12.8. The quantitative estimate of drug-likeness (QED) is 0.378. The number of nitrogens with zero attached hydrogens (tertiary/aromatic N) is 2. The summed E-state index contributed by atoms with van der Waals surface area (Å²) in [4.78, 5) is 14.0. The lowest BCUT2D eigenvalue weighted by atomic mass is 10.2. The summed E-state index contributed by atoms with van der Waals surface area (Å²) in [5.41, 5.74) is 2.21. The summed E-state index contributed by atoms with van der Waals surface area (Å²) in [5, 5.41) is 9.30. The lowest BCUT2D eigenvalue weighted by Crippen LogP contribution is -2.26. The molecule has 4 aromatic rings. The molecule has 2 heterocycles. The molecule has 0 spiro atoms. The second kappa shape index (κ2) is 10.1. The Labute approximate surface area is 197 Å². The van der Waals surface area contributed by atoms with Crippen molar-refractivity contribution >= 4 is 33.1 Å². The van der Waals surface area contributed by atoms with Gasteiger partial charge in [0.1, 0.15) is 5.82 Å². The van der Waals surface area contributed by atoms with Crippen molar-refractivity contribution in [3.05, 3.63) is 99.9 Å². The number of sulfonamides is 1. The van der Waals surface area contributed by atoms with Crippen LogP contribution in [0.5, 0.6) is 0 Å². The van der Waals surface area contributed by atoms with E-state index in [9.17, 15) is 13.2 Å². The number of aromatic nitrogens is 2. The molecule has 9 heteroatoms. The van der Waals surface area contributed by atoms with Crippen molar-refractivity contribution in [2.45, 2.75) is 24.8 Å². The minimum atomic E-state index is -3.64. The molecule has 33 heavy (non-hydrogen) atoms. The SMILES string of the molecule is Cc1cc(NC(=O)c2ccc(S(=O)(=O)NCCc3cccs3)cc2)n(Cc2ccccc2)n1. The number of anilines is 1. The minimum absolute atomic E-state index is 0.121. The van der Waals surface area contributed by atoms with Crippen molar-refractivity contribution < 1.29 is 13.2 Å². The van der Waals surface area contributed by atoms with Crippen LogP contribution in [0, 0.1) is 6.92 Å². The average Bonchev–Trinajstić information content (AvgIpc) is 3.44. The fourth-order valence-corrected chi connectivity index (χ4v) is 5.08. The Bertz CT molecular complexity index is 1310. The summed E-state index contributed by atoms with van der Waals surface area (Å²) in [6.07, 6.45) is 0.632. The minimum Gasteiger partial charge on any atom is -0.307 e. The highest BCUT2D eigenvalue weighted by Crippen LogP contribution is 2.16. The molecule has 0 aliphatic heterocycles. The number of carbonyl (C=O) groups excluding carboxylic acids is 1. The van der Waals surface area contributed by atoms with Gasteiger partial charge in [0.25, 0.3) is 5.91 Å². The maximum atomic E-state index is 12.8. The molecule has 4 rings (SSSR count). The van der Waals surface area contributed by atoms with Gasteiger partial charge in [-0.1, -0.05) is 36.4 Å². The molecule has 0 saturated carbocycles. The highest BCUT2D eigenvalue weighted by Gasteiger charge is 2.16. The van der Waals surface area contributed by atoms with Crippen LogP contribution in [-0.2, 0) is 23.0 Å². The first-order chi connectivity index (χ1) is 15.9. The zero-order valence-electron chi connectivity index (χ0n) is 18.1. The Morgan fingerprint density at radius 1 is 1.03 bits per heavy atom. The van der Waals surface area contributed by atoms with Gasteiger partial charge in [-0.05, 0) is 54.6 Å². The van der Waals surface area contributed by atoms with Gasteiger partial charge in [0.05, 0.1) is 17.1 Å². The standard InChI is InChI=1S/C24H24N4O3S2/c1-18-16-23(28(27-18)17-19-6-3-2-4-7-19)26-24(29)20-9-11-22(12-10-20)33(30,31)25-14-13-21-8-5-15-32-21/h2-12,15-16,25H,13-14,17H2,1H3,(H,26,29). The van der Waals surface area contributed by atoms with Crippen LogP contribution >= 0.6 is 11.3 Å². The molecule has 0 radical (unpaired) electrons. The molecule has 0 aliphatic rings. The third-order valence-corrected chi connectivity index (χ3v) is 7.40. The first-order valence-corrected chi connectivity index (χ1v) is 12.8. The summed E-state index contributed by atoms with van der Waals surface area (Å²) in [5.74, 6) is 0.243. The molecule has 0 unspecified atom stereocenters. The second-order valence-corrected chi connectivity index (χ2v) is 10.3. The van der Waals surface area contributed by atoms with Gasteiger partial charge in [0, 0.05) is 23.1 Å². The number of rotatable bonds is 9. The lowest BCUT2D eigenvalue weighted by Gasteiger charge is -2.10. The van der Waals surface area contributed by atoms with Crippen LogP contribution in [0.25, 0.3) is 0 Å². The molecule has 2 aromatic carbocycles. The first-order valence-electron chi connectivity index (χ1n) is 10.4. The number of amides is 1. The Morgan fingerprint density at radius 3 is 2.48 bits per heavy atom. The van der Waals surface area contributed by atoms with E-state index in [0.717, 1.165) is 16.1 Å². The molecule has 1 amide bonds. The fraction of sp³-hybridized carbons (Fsp3) is 0.167. The van der Waals surface area contributed by atoms with Gasteiger partial charge in [-0.2, -0.15) is 5.10 Å². The predicted molar refractivity (Wildman–Crippen MR) is 130 cm³/mol. The fourth-order valence-electron chi connectivity index (χ4n) is 3.34. The zero-order chi connectivity index (χ0) is 23.3. The number of carbonyl (C=O) groups is 1. The number of nitrogens with one attached hydrogen (secondary N) is 2. The number of benzene rings is 2. The van der Waals surface area contributed by atoms with Gasteiger partial charge in [0.2, 0.25) is 10.0 Å². The van der Waals surface area contributed by atoms with E-state index in [2.05, 4.69) is 15.1 Å². The molecule has 0 atom stereocenters. The van der Waals surface area contributed by atoms with E-state index in [4.69, 9.17) is 0 Å². The average molecular weight is 481 g/mol. The largest absolute Gasteiger partial charge is 0.307 e. The third-order valence-electron chi connectivity index (χ3n) is 4.99. The number of hydrogen-bond donors (Lipinski definition) is 2. The lowest BCUT2D eigenvalue weighted by molar-refractivity contribution is 0.102. The second-order valence-electron chi connectivity index (χ2n) is 7.52. The van der Waals surface area contributed by atoms with Crippen LogP contribution in [0.3, 0.4) is 0 Å². The van der Waals surface area contributed by atoms with Crippen LogP contribution in [0.15, 0.2) is 83.1 Å². The molecule has 0 bridgehead atoms. The molecular formula is C24H24N4O3S2. The van der Waals surface area contributed by atoms with Gasteiger partial charge in [-0.25, -0.2) is 17.8 Å². The Hall–Kier alpha value is -3.27. The van der Waals surface area contributed by atoms with E-state index in [0.29, 0.717) is 30.9 Å². The predicted octanol–water partition coefficient (Wildman–Crippen LogP) is 4.07. The molecule has 7 nitrogen and oxygen atoms in total. The van der Waals surface area contributed by atoms with Crippen molar-refractivity contribution in [1.82, 2.24) is 14.5 Å². The van der Waals surface area contributed by atoms with E-state index in [-0.39, 0.29) is 10.8 Å². The molecule has 2 N–H and O–H groups in total. The molecule has 2 aromatic heterocycles. The molecule has 0 fully saturated rings. The Balaban J connectivity index is 1.40. The Morgan fingerprint density at radius 2 is 1.79 bits per heavy atom.